The van der Waals surface area contributed by atoms with Crippen LogP contribution in [0.1, 0.15) is 0 Å². The minimum absolute atomic E-state index is 0.141. The third-order valence-corrected chi connectivity index (χ3v) is 3.71. The molecule has 2 heterocycles. The first-order chi connectivity index (χ1) is 10.6. The van der Waals surface area contributed by atoms with E-state index in [4.69, 9.17) is 0 Å². The lowest BCUT2D eigenvalue weighted by Gasteiger charge is -2.35. The summed E-state index contributed by atoms with van der Waals surface area (Å²) in [6.07, 6.45) is 1.78. The Balaban J connectivity index is 1.54. The number of halogens is 1. The van der Waals surface area contributed by atoms with Crippen molar-refractivity contribution in [3.05, 3.63) is 42.3 Å². The van der Waals surface area contributed by atoms with E-state index in [1.165, 1.54) is 12.1 Å². The summed E-state index contributed by atoms with van der Waals surface area (Å²) in [7, 11) is 1.80. The zero-order chi connectivity index (χ0) is 15.5. The average Bonchev–Trinajstić information content (AvgIpc) is 2.93. The third kappa shape index (κ3) is 3.19. The van der Waals surface area contributed by atoms with Gasteiger partial charge in [0.2, 0.25) is 0 Å². The number of urea groups is 1. The number of aryl methyl sites for hydroxylation is 1. The predicted molar refractivity (Wildman–Crippen MR) is 82.4 cm³/mol. The fourth-order valence-electron chi connectivity index (χ4n) is 2.49. The molecule has 0 bridgehead atoms. The number of benzene rings is 1. The van der Waals surface area contributed by atoms with Gasteiger partial charge in [0, 0.05) is 51.2 Å². The van der Waals surface area contributed by atoms with E-state index in [9.17, 15) is 9.18 Å². The van der Waals surface area contributed by atoms with E-state index in [0.717, 1.165) is 18.8 Å². The highest BCUT2D eigenvalue weighted by Crippen LogP contribution is 2.17. The molecule has 2 amide bonds. The van der Waals surface area contributed by atoms with Gasteiger partial charge in [0.25, 0.3) is 0 Å². The molecule has 1 aliphatic rings. The van der Waals surface area contributed by atoms with E-state index in [-0.39, 0.29) is 11.8 Å². The maximum Gasteiger partial charge on any atom is 0.323 e. The summed E-state index contributed by atoms with van der Waals surface area (Å²) in [4.78, 5) is 16.1. The lowest BCUT2D eigenvalue weighted by molar-refractivity contribution is 0.208. The lowest BCUT2D eigenvalue weighted by atomic mass is 10.2. The summed E-state index contributed by atoms with van der Waals surface area (Å²) >= 11 is 0. The van der Waals surface area contributed by atoms with Gasteiger partial charge >= 0.3 is 6.03 Å². The number of hydrogen-bond donors (Lipinski definition) is 1. The van der Waals surface area contributed by atoms with Crippen molar-refractivity contribution < 1.29 is 9.18 Å². The van der Waals surface area contributed by atoms with E-state index in [0.29, 0.717) is 18.9 Å². The van der Waals surface area contributed by atoms with Crippen LogP contribution >= 0.6 is 0 Å². The number of amides is 2. The molecule has 0 spiro atoms. The second kappa shape index (κ2) is 6.05. The molecule has 22 heavy (non-hydrogen) atoms. The summed E-state index contributed by atoms with van der Waals surface area (Å²) in [6, 6.07) is 8.05. The number of anilines is 2. The van der Waals surface area contributed by atoms with E-state index in [2.05, 4.69) is 15.3 Å². The van der Waals surface area contributed by atoms with Crippen molar-refractivity contribution in [2.24, 2.45) is 7.05 Å². The van der Waals surface area contributed by atoms with Crippen molar-refractivity contribution >= 4 is 17.5 Å². The van der Waals surface area contributed by atoms with Gasteiger partial charge in [-0.2, -0.15) is 5.10 Å². The number of carbonyl (C=O) groups excluding carboxylic acids is 1. The molecule has 0 saturated carbocycles. The Hall–Kier alpha value is -2.57. The molecule has 1 aromatic carbocycles. The van der Waals surface area contributed by atoms with Crippen molar-refractivity contribution in [1.29, 1.82) is 0 Å². The van der Waals surface area contributed by atoms with Crippen LogP contribution in [0, 0.1) is 5.82 Å². The highest BCUT2D eigenvalue weighted by Gasteiger charge is 2.21. The second-order valence-electron chi connectivity index (χ2n) is 5.26. The Morgan fingerprint density at radius 1 is 1.14 bits per heavy atom. The topological polar surface area (TPSA) is 53.4 Å². The predicted octanol–water partition coefficient (Wildman–Crippen LogP) is 1.91. The summed E-state index contributed by atoms with van der Waals surface area (Å²) in [5.41, 5.74) is 0.978. The van der Waals surface area contributed by atoms with Crippen molar-refractivity contribution in [3.8, 4) is 0 Å². The van der Waals surface area contributed by atoms with Crippen LogP contribution in [0.4, 0.5) is 20.7 Å². The first kappa shape index (κ1) is 14.4. The molecule has 2 aromatic rings. The monoisotopic (exact) mass is 303 g/mol. The first-order valence-electron chi connectivity index (χ1n) is 7.18. The summed E-state index contributed by atoms with van der Waals surface area (Å²) in [5.74, 6) is 0.311. The number of nitrogens with one attached hydrogen (secondary N) is 1. The number of piperazine rings is 1. The van der Waals surface area contributed by atoms with Gasteiger partial charge in [0.1, 0.15) is 5.82 Å². The molecule has 1 aliphatic heterocycles. The molecule has 1 N–H and O–H groups in total. The van der Waals surface area contributed by atoms with Crippen molar-refractivity contribution in [2.45, 2.75) is 0 Å². The Labute approximate surface area is 128 Å². The molecule has 1 fully saturated rings. The summed E-state index contributed by atoms with van der Waals surface area (Å²) in [5, 5.41) is 6.91. The van der Waals surface area contributed by atoms with E-state index < -0.39 is 0 Å². The number of aromatic nitrogens is 2. The molecule has 0 unspecified atom stereocenters. The molecule has 7 heteroatoms. The molecule has 0 radical (unpaired) electrons. The zero-order valence-corrected chi connectivity index (χ0v) is 12.4. The van der Waals surface area contributed by atoms with Crippen LogP contribution in [0.2, 0.25) is 0 Å². The standard InChI is InChI=1S/C15H18FN5O/c1-19-7-6-14(18-19)17-15(22)21-10-8-20(9-11-21)13-4-2-12(16)3-5-13/h2-7H,8-11H2,1H3,(H,17,18,22). The maximum absolute atomic E-state index is 12.9. The summed E-state index contributed by atoms with van der Waals surface area (Å²) < 4.78 is 14.6. The van der Waals surface area contributed by atoms with Gasteiger partial charge in [-0.1, -0.05) is 0 Å². The van der Waals surface area contributed by atoms with Crippen LogP contribution in [0.25, 0.3) is 0 Å². The van der Waals surface area contributed by atoms with Crippen molar-refractivity contribution in [1.82, 2.24) is 14.7 Å². The van der Waals surface area contributed by atoms with Crippen LogP contribution in [0.3, 0.4) is 0 Å². The molecular formula is C15H18FN5O. The number of hydrogen-bond acceptors (Lipinski definition) is 3. The maximum atomic E-state index is 12.9. The number of carbonyl (C=O) groups is 1. The van der Waals surface area contributed by atoms with Crippen molar-refractivity contribution in [2.75, 3.05) is 36.4 Å². The summed E-state index contributed by atoms with van der Waals surface area (Å²) in [6.45, 7) is 2.69. The Kier molecular flexibility index (Phi) is 3.95. The highest BCUT2D eigenvalue weighted by molar-refractivity contribution is 5.88. The SMILES string of the molecule is Cn1ccc(NC(=O)N2CCN(c3ccc(F)cc3)CC2)n1. The van der Waals surface area contributed by atoms with E-state index >= 15 is 0 Å². The van der Waals surface area contributed by atoms with Gasteiger partial charge in [0.05, 0.1) is 0 Å². The van der Waals surface area contributed by atoms with Crippen molar-refractivity contribution in [3.63, 3.8) is 0 Å². The number of rotatable bonds is 2. The van der Waals surface area contributed by atoms with Gasteiger partial charge in [-0.05, 0) is 24.3 Å². The minimum atomic E-state index is -0.239. The molecule has 0 aliphatic carbocycles. The van der Waals surface area contributed by atoms with Crippen LogP contribution in [-0.4, -0.2) is 46.9 Å². The van der Waals surface area contributed by atoms with Gasteiger partial charge in [-0.3, -0.25) is 10.00 Å². The Morgan fingerprint density at radius 2 is 1.82 bits per heavy atom. The Bertz CT molecular complexity index is 646. The van der Waals surface area contributed by atoms with Crippen LogP contribution in [0.15, 0.2) is 36.5 Å². The van der Waals surface area contributed by atoms with Gasteiger partial charge in [-0.15, -0.1) is 0 Å². The average molecular weight is 303 g/mol. The first-order valence-corrected chi connectivity index (χ1v) is 7.18. The van der Waals surface area contributed by atoms with Gasteiger partial charge in [-0.25, -0.2) is 9.18 Å². The van der Waals surface area contributed by atoms with E-state index in [1.807, 2.05) is 0 Å². The third-order valence-electron chi connectivity index (χ3n) is 3.71. The zero-order valence-electron chi connectivity index (χ0n) is 12.4. The quantitative estimate of drug-likeness (QED) is 0.922. The largest absolute Gasteiger partial charge is 0.368 e. The van der Waals surface area contributed by atoms with Gasteiger partial charge < -0.3 is 9.80 Å². The fraction of sp³-hybridized carbons (Fsp3) is 0.333. The normalized spacial score (nSPS) is 15.0. The molecule has 0 atom stereocenters. The Morgan fingerprint density at radius 3 is 2.41 bits per heavy atom. The minimum Gasteiger partial charge on any atom is -0.368 e. The molecular weight excluding hydrogens is 285 g/mol. The lowest BCUT2D eigenvalue weighted by Crippen LogP contribution is -2.50. The van der Waals surface area contributed by atoms with Crippen LogP contribution in [0.5, 0.6) is 0 Å². The highest BCUT2D eigenvalue weighted by atomic mass is 19.1. The number of nitrogens with zero attached hydrogens (tertiary/aromatic N) is 4. The molecule has 1 saturated heterocycles. The molecule has 116 valence electrons. The smallest absolute Gasteiger partial charge is 0.323 e. The van der Waals surface area contributed by atoms with E-state index in [1.54, 1.807) is 41.0 Å². The van der Waals surface area contributed by atoms with Crippen LogP contribution in [-0.2, 0) is 7.05 Å². The molecule has 3 rings (SSSR count). The fourth-order valence-corrected chi connectivity index (χ4v) is 2.49. The molecule has 1 aromatic heterocycles. The van der Waals surface area contributed by atoms with Gasteiger partial charge in [0.15, 0.2) is 5.82 Å². The van der Waals surface area contributed by atoms with Crippen LogP contribution < -0.4 is 10.2 Å². The molecule has 6 nitrogen and oxygen atoms in total. The second-order valence-corrected chi connectivity index (χ2v) is 5.26.